The van der Waals surface area contributed by atoms with E-state index in [9.17, 15) is 4.39 Å². The van der Waals surface area contributed by atoms with Crippen LogP contribution in [0.4, 0.5) is 4.39 Å². The largest absolute Gasteiger partial charge is 0.326 e. The molecular weight excluding hydrogens is 307 g/mol. The van der Waals surface area contributed by atoms with Crippen LogP contribution in [-0.2, 0) is 0 Å². The summed E-state index contributed by atoms with van der Waals surface area (Å²) in [5, 5.41) is 0. The van der Waals surface area contributed by atoms with E-state index in [-0.39, 0.29) is 17.9 Å². The molecule has 0 saturated carbocycles. The number of benzene rings is 1. The summed E-state index contributed by atoms with van der Waals surface area (Å²) in [4.78, 5) is 2.42. The Balaban J connectivity index is 2.31. The zero-order valence-corrected chi connectivity index (χ0v) is 13.0. The lowest BCUT2D eigenvalue weighted by molar-refractivity contribution is 0.185. The highest BCUT2D eigenvalue weighted by Crippen LogP contribution is 2.31. The van der Waals surface area contributed by atoms with Crippen molar-refractivity contribution < 1.29 is 4.39 Å². The van der Waals surface area contributed by atoms with E-state index < -0.39 is 0 Å². The maximum absolute atomic E-state index is 13.8. The monoisotopic (exact) mass is 328 g/mol. The van der Waals surface area contributed by atoms with Gasteiger partial charge in [0, 0.05) is 12.1 Å². The first-order valence-electron chi connectivity index (χ1n) is 7.08. The van der Waals surface area contributed by atoms with E-state index in [2.05, 4.69) is 27.8 Å². The molecule has 106 valence electrons. The van der Waals surface area contributed by atoms with Crippen LogP contribution in [-0.4, -0.2) is 24.0 Å². The fraction of sp³-hybridized carbons (Fsp3) is 0.600. The lowest BCUT2D eigenvalue weighted by Crippen LogP contribution is -2.40. The van der Waals surface area contributed by atoms with Gasteiger partial charge in [0.1, 0.15) is 5.82 Å². The smallest absolute Gasteiger partial charge is 0.137 e. The minimum atomic E-state index is -0.203. The number of halogens is 2. The molecule has 0 bridgehead atoms. The standard InChI is InChI=1S/C15H22BrFN2/c1-2-8-19-9-4-3-5-14(18)15(19)11-6-7-12(16)13(17)10-11/h6-7,10,14-15H,2-5,8-9,18H2,1H3. The molecule has 2 rings (SSSR count). The number of rotatable bonds is 3. The molecule has 2 atom stereocenters. The van der Waals surface area contributed by atoms with Crippen LogP contribution in [0.25, 0.3) is 0 Å². The summed E-state index contributed by atoms with van der Waals surface area (Å²) < 4.78 is 14.3. The second kappa shape index (κ2) is 6.82. The van der Waals surface area contributed by atoms with Crippen molar-refractivity contribution in [3.8, 4) is 0 Å². The van der Waals surface area contributed by atoms with E-state index >= 15 is 0 Å². The molecule has 1 saturated heterocycles. The van der Waals surface area contributed by atoms with Crippen molar-refractivity contribution in [2.45, 2.75) is 44.7 Å². The first kappa shape index (κ1) is 14.9. The Morgan fingerprint density at radius 2 is 2.21 bits per heavy atom. The second-order valence-electron chi connectivity index (χ2n) is 5.31. The Labute approximate surface area is 123 Å². The van der Waals surface area contributed by atoms with Crippen LogP contribution in [0.2, 0.25) is 0 Å². The van der Waals surface area contributed by atoms with Gasteiger partial charge in [0.15, 0.2) is 0 Å². The predicted molar refractivity (Wildman–Crippen MR) is 80.5 cm³/mol. The highest BCUT2D eigenvalue weighted by molar-refractivity contribution is 9.10. The molecule has 0 radical (unpaired) electrons. The molecule has 0 spiro atoms. The van der Waals surface area contributed by atoms with Crippen LogP contribution >= 0.6 is 15.9 Å². The van der Waals surface area contributed by atoms with Gasteiger partial charge >= 0.3 is 0 Å². The maximum atomic E-state index is 13.8. The van der Waals surface area contributed by atoms with Crippen molar-refractivity contribution in [3.05, 3.63) is 34.1 Å². The molecule has 2 unspecified atom stereocenters. The van der Waals surface area contributed by atoms with Gasteiger partial charge in [-0.05, 0) is 66.0 Å². The summed E-state index contributed by atoms with van der Waals surface area (Å²) in [5.74, 6) is -0.203. The Bertz CT molecular complexity index is 425. The Morgan fingerprint density at radius 1 is 1.42 bits per heavy atom. The first-order valence-corrected chi connectivity index (χ1v) is 7.87. The lowest BCUT2D eigenvalue weighted by Gasteiger charge is -2.33. The van der Waals surface area contributed by atoms with Crippen molar-refractivity contribution in [2.24, 2.45) is 5.73 Å². The van der Waals surface area contributed by atoms with Crippen LogP contribution in [0, 0.1) is 5.82 Å². The van der Waals surface area contributed by atoms with Crippen molar-refractivity contribution in [1.82, 2.24) is 4.90 Å². The molecule has 1 aromatic rings. The zero-order valence-electron chi connectivity index (χ0n) is 11.4. The molecule has 19 heavy (non-hydrogen) atoms. The average molecular weight is 329 g/mol. The molecular formula is C15H22BrFN2. The van der Waals surface area contributed by atoms with Crippen LogP contribution < -0.4 is 5.73 Å². The summed E-state index contributed by atoms with van der Waals surface area (Å²) in [6.07, 6.45) is 4.46. The summed E-state index contributed by atoms with van der Waals surface area (Å²) in [5.41, 5.74) is 7.35. The van der Waals surface area contributed by atoms with Gasteiger partial charge in [0.05, 0.1) is 4.47 Å². The number of hydrogen-bond acceptors (Lipinski definition) is 2. The van der Waals surface area contributed by atoms with Crippen molar-refractivity contribution in [3.63, 3.8) is 0 Å². The van der Waals surface area contributed by atoms with Gasteiger partial charge < -0.3 is 5.73 Å². The molecule has 0 aliphatic carbocycles. The average Bonchev–Trinajstić information content (AvgIpc) is 2.56. The number of hydrogen-bond donors (Lipinski definition) is 1. The number of nitrogens with zero attached hydrogens (tertiary/aromatic N) is 1. The Kier molecular flexibility index (Phi) is 5.37. The third-order valence-electron chi connectivity index (χ3n) is 3.83. The summed E-state index contributed by atoms with van der Waals surface area (Å²) in [7, 11) is 0. The molecule has 1 fully saturated rings. The van der Waals surface area contributed by atoms with Crippen LogP contribution in [0.1, 0.15) is 44.2 Å². The molecule has 0 amide bonds. The lowest BCUT2D eigenvalue weighted by atomic mass is 9.96. The van der Waals surface area contributed by atoms with Gasteiger partial charge in [-0.1, -0.05) is 19.4 Å². The van der Waals surface area contributed by atoms with Gasteiger partial charge in [-0.25, -0.2) is 4.39 Å². The normalized spacial score (nSPS) is 25.3. The van der Waals surface area contributed by atoms with Crippen molar-refractivity contribution in [1.29, 1.82) is 0 Å². The minimum absolute atomic E-state index is 0.0922. The van der Waals surface area contributed by atoms with E-state index in [0.717, 1.165) is 37.9 Å². The van der Waals surface area contributed by atoms with E-state index in [1.807, 2.05) is 6.07 Å². The van der Waals surface area contributed by atoms with E-state index in [1.54, 1.807) is 12.1 Å². The summed E-state index contributed by atoms with van der Waals surface area (Å²) in [6.45, 7) is 4.26. The third kappa shape index (κ3) is 3.56. The fourth-order valence-electron chi connectivity index (χ4n) is 2.96. The SMILES string of the molecule is CCCN1CCCCC(N)C1c1ccc(Br)c(F)c1. The topological polar surface area (TPSA) is 29.3 Å². The molecule has 1 aliphatic heterocycles. The molecule has 2 N–H and O–H groups in total. The van der Waals surface area contributed by atoms with Crippen LogP contribution in [0.5, 0.6) is 0 Å². The van der Waals surface area contributed by atoms with Gasteiger partial charge in [-0.15, -0.1) is 0 Å². The number of likely N-dealkylation sites (tertiary alicyclic amines) is 1. The summed E-state index contributed by atoms with van der Waals surface area (Å²) in [6, 6.07) is 5.64. The zero-order chi connectivity index (χ0) is 13.8. The van der Waals surface area contributed by atoms with E-state index in [1.165, 1.54) is 6.42 Å². The van der Waals surface area contributed by atoms with E-state index in [4.69, 9.17) is 5.73 Å². The van der Waals surface area contributed by atoms with Crippen molar-refractivity contribution in [2.75, 3.05) is 13.1 Å². The molecule has 1 aromatic carbocycles. The van der Waals surface area contributed by atoms with Crippen molar-refractivity contribution >= 4 is 15.9 Å². The molecule has 1 aliphatic rings. The van der Waals surface area contributed by atoms with Crippen LogP contribution in [0.15, 0.2) is 22.7 Å². The minimum Gasteiger partial charge on any atom is -0.326 e. The van der Waals surface area contributed by atoms with Crippen LogP contribution in [0.3, 0.4) is 0 Å². The quantitative estimate of drug-likeness (QED) is 0.913. The fourth-order valence-corrected chi connectivity index (χ4v) is 3.20. The highest BCUT2D eigenvalue weighted by Gasteiger charge is 2.28. The Morgan fingerprint density at radius 3 is 2.89 bits per heavy atom. The highest BCUT2D eigenvalue weighted by atomic mass is 79.9. The molecule has 1 heterocycles. The third-order valence-corrected chi connectivity index (χ3v) is 4.47. The predicted octanol–water partition coefficient (Wildman–Crippen LogP) is 3.85. The van der Waals surface area contributed by atoms with Gasteiger partial charge in [0.25, 0.3) is 0 Å². The molecule has 4 heteroatoms. The van der Waals surface area contributed by atoms with Gasteiger partial charge in [0.2, 0.25) is 0 Å². The van der Waals surface area contributed by atoms with Gasteiger partial charge in [-0.2, -0.15) is 0 Å². The first-order chi connectivity index (χ1) is 9.13. The van der Waals surface area contributed by atoms with Gasteiger partial charge in [-0.3, -0.25) is 4.90 Å². The summed E-state index contributed by atoms with van der Waals surface area (Å²) >= 11 is 3.21. The number of nitrogens with two attached hydrogens (primary N) is 1. The molecule has 2 nitrogen and oxygen atoms in total. The van der Waals surface area contributed by atoms with E-state index in [0.29, 0.717) is 4.47 Å². The maximum Gasteiger partial charge on any atom is 0.137 e. The second-order valence-corrected chi connectivity index (χ2v) is 6.17. The Hall–Kier alpha value is -0.450. The molecule has 0 aromatic heterocycles.